The summed E-state index contributed by atoms with van der Waals surface area (Å²) in [4.78, 5) is 14.7. The predicted molar refractivity (Wildman–Crippen MR) is 88.4 cm³/mol. The van der Waals surface area contributed by atoms with Gasteiger partial charge in [-0.05, 0) is 30.7 Å². The molecule has 7 heteroatoms. The molecule has 2 aliphatic rings. The van der Waals surface area contributed by atoms with Crippen LogP contribution in [0.3, 0.4) is 0 Å². The maximum atomic E-state index is 13.0. The van der Waals surface area contributed by atoms with Crippen LogP contribution < -0.4 is 0 Å². The molecule has 2 atom stereocenters. The van der Waals surface area contributed by atoms with E-state index < -0.39 is 0 Å². The maximum absolute atomic E-state index is 13.0. The minimum Gasteiger partial charge on any atom is -0.380 e. The van der Waals surface area contributed by atoms with Gasteiger partial charge in [0.15, 0.2) is 11.5 Å². The minimum atomic E-state index is -0.314. The number of thioether (sulfide) groups is 1. The number of halogens is 1. The second kappa shape index (κ2) is 6.57. The Hall–Kier alpha value is -1.86. The topological polar surface area (TPSA) is 55.6 Å². The number of fused-ring (bicyclic) bond motifs is 1. The van der Waals surface area contributed by atoms with Gasteiger partial charge >= 0.3 is 0 Å². The van der Waals surface area contributed by atoms with E-state index in [2.05, 4.69) is 5.16 Å². The molecule has 1 aromatic heterocycles. The van der Waals surface area contributed by atoms with E-state index in [-0.39, 0.29) is 17.8 Å². The smallest absolute Gasteiger partial charge is 0.276 e. The van der Waals surface area contributed by atoms with Gasteiger partial charge in [0.2, 0.25) is 0 Å². The van der Waals surface area contributed by atoms with Gasteiger partial charge in [-0.1, -0.05) is 5.16 Å². The van der Waals surface area contributed by atoms with Gasteiger partial charge in [0.1, 0.15) is 5.82 Å². The molecule has 0 N–H and O–H groups in total. The SMILES string of the molecule is O=C(c1cc(-c2ccc(F)cc2)on1)N1CCS[C@H]2COCC[C@H]21. The number of rotatable bonds is 2. The van der Waals surface area contributed by atoms with Crippen molar-refractivity contribution in [2.45, 2.75) is 17.7 Å². The van der Waals surface area contributed by atoms with E-state index in [0.717, 1.165) is 12.2 Å². The third kappa shape index (κ3) is 2.93. The molecule has 2 saturated heterocycles. The van der Waals surface area contributed by atoms with Crippen LogP contribution in [-0.4, -0.2) is 52.8 Å². The quantitative estimate of drug-likeness (QED) is 0.835. The van der Waals surface area contributed by atoms with E-state index in [4.69, 9.17) is 9.26 Å². The average Bonchev–Trinajstić information content (AvgIpc) is 3.11. The number of hydrogen-bond donors (Lipinski definition) is 0. The van der Waals surface area contributed by atoms with Crippen LogP contribution in [0.2, 0.25) is 0 Å². The van der Waals surface area contributed by atoms with Gasteiger partial charge in [0, 0.05) is 41.8 Å². The highest BCUT2D eigenvalue weighted by molar-refractivity contribution is 8.00. The zero-order valence-electron chi connectivity index (χ0n) is 13.0. The summed E-state index contributed by atoms with van der Waals surface area (Å²) >= 11 is 1.87. The zero-order valence-corrected chi connectivity index (χ0v) is 13.8. The summed E-state index contributed by atoms with van der Waals surface area (Å²) in [5.74, 6) is 0.947. The lowest BCUT2D eigenvalue weighted by Crippen LogP contribution is -2.54. The Morgan fingerprint density at radius 1 is 1.33 bits per heavy atom. The second-order valence-electron chi connectivity index (χ2n) is 5.92. The Morgan fingerprint density at radius 2 is 2.17 bits per heavy atom. The summed E-state index contributed by atoms with van der Waals surface area (Å²) in [5, 5.41) is 4.26. The van der Waals surface area contributed by atoms with Crippen molar-refractivity contribution < 1.29 is 18.4 Å². The molecule has 0 aliphatic carbocycles. The molecule has 4 rings (SSSR count). The molecular formula is C17H17FN2O3S. The number of aromatic nitrogens is 1. The lowest BCUT2D eigenvalue weighted by Gasteiger charge is -2.43. The fourth-order valence-electron chi connectivity index (χ4n) is 3.21. The van der Waals surface area contributed by atoms with Crippen LogP contribution in [0.4, 0.5) is 4.39 Å². The number of benzene rings is 1. The third-order valence-corrected chi connectivity index (χ3v) is 5.75. The van der Waals surface area contributed by atoms with Gasteiger partial charge in [-0.15, -0.1) is 0 Å². The highest BCUT2D eigenvalue weighted by Gasteiger charge is 2.38. The van der Waals surface area contributed by atoms with Crippen molar-refractivity contribution >= 4 is 17.7 Å². The van der Waals surface area contributed by atoms with Gasteiger partial charge in [0.25, 0.3) is 5.91 Å². The van der Waals surface area contributed by atoms with Crippen LogP contribution in [0, 0.1) is 5.82 Å². The zero-order chi connectivity index (χ0) is 16.5. The normalized spacial score (nSPS) is 23.8. The molecule has 0 bridgehead atoms. The molecule has 5 nitrogen and oxygen atoms in total. The summed E-state index contributed by atoms with van der Waals surface area (Å²) in [5.41, 5.74) is 0.993. The molecule has 2 aliphatic heterocycles. The Kier molecular flexibility index (Phi) is 4.28. The van der Waals surface area contributed by atoms with Crippen molar-refractivity contribution in [2.75, 3.05) is 25.5 Å². The number of ether oxygens (including phenoxy) is 1. The fourth-order valence-corrected chi connectivity index (χ4v) is 4.51. The number of nitrogens with zero attached hydrogens (tertiary/aromatic N) is 2. The maximum Gasteiger partial charge on any atom is 0.276 e. The summed E-state index contributed by atoms with van der Waals surface area (Å²) < 4.78 is 23.8. The van der Waals surface area contributed by atoms with E-state index in [1.807, 2.05) is 16.7 Å². The van der Waals surface area contributed by atoms with E-state index >= 15 is 0 Å². The first-order valence-electron chi connectivity index (χ1n) is 7.95. The van der Waals surface area contributed by atoms with Crippen LogP contribution in [0.1, 0.15) is 16.9 Å². The highest BCUT2D eigenvalue weighted by atomic mass is 32.2. The summed E-state index contributed by atoms with van der Waals surface area (Å²) in [6.07, 6.45) is 0.853. The Bertz CT molecular complexity index is 732. The first-order chi connectivity index (χ1) is 11.7. The third-order valence-electron chi connectivity index (χ3n) is 4.45. The van der Waals surface area contributed by atoms with Crippen LogP contribution in [0.15, 0.2) is 34.9 Å². The first-order valence-corrected chi connectivity index (χ1v) is 9.00. The van der Waals surface area contributed by atoms with Crippen molar-refractivity contribution in [1.29, 1.82) is 0 Å². The molecule has 0 saturated carbocycles. The average molecular weight is 348 g/mol. The van der Waals surface area contributed by atoms with Gasteiger partial charge in [-0.3, -0.25) is 4.79 Å². The summed E-state index contributed by atoms with van der Waals surface area (Å²) in [6.45, 7) is 2.09. The van der Waals surface area contributed by atoms with Crippen molar-refractivity contribution in [1.82, 2.24) is 10.1 Å². The molecular weight excluding hydrogens is 331 g/mol. The minimum absolute atomic E-state index is 0.107. The van der Waals surface area contributed by atoms with E-state index in [0.29, 0.717) is 42.0 Å². The molecule has 0 radical (unpaired) electrons. The molecule has 126 valence electrons. The molecule has 1 amide bonds. The van der Waals surface area contributed by atoms with E-state index in [9.17, 15) is 9.18 Å². The second-order valence-corrected chi connectivity index (χ2v) is 7.27. The number of hydrogen-bond acceptors (Lipinski definition) is 5. The van der Waals surface area contributed by atoms with Gasteiger partial charge in [-0.25, -0.2) is 4.39 Å². The molecule has 24 heavy (non-hydrogen) atoms. The Balaban J connectivity index is 1.55. The predicted octanol–water partition coefficient (Wildman–Crippen LogP) is 2.83. The monoisotopic (exact) mass is 348 g/mol. The van der Waals surface area contributed by atoms with Crippen LogP contribution in [-0.2, 0) is 4.74 Å². The van der Waals surface area contributed by atoms with Crippen LogP contribution >= 0.6 is 11.8 Å². The van der Waals surface area contributed by atoms with Crippen molar-refractivity contribution in [3.05, 3.63) is 41.8 Å². The van der Waals surface area contributed by atoms with Crippen molar-refractivity contribution in [3.8, 4) is 11.3 Å². The van der Waals surface area contributed by atoms with Crippen molar-refractivity contribution in [2.24, 2.45) is 0 Å². The summed E-state index contributed by atoms with van der Waals surface area (Å²) in [7, 11) is 0. The first kappa shape index (κ1) is 15.7. The van der Waals surface area contributed by atoms with Gasteiger partial charge in [-0.2, -0.15) is 11.8 Å². The van der Waals surface area contributed by atoms with Crippen LogP contribution in [0.5, 0.6) is 0 Å². The Labute approximate surface area is 143 Å². The molecule has 3 heterocycles. The lowest BCUT2D eigenvalue weighted by molar-refractivity contribution is 0.0313. The molecule has 2 aromatic rings. The summed E-state index contributed by atoms with van der Waals surface area (Å²) in [6, 6.07) is 7.75. The van der Waals surface area contributed by atoms with E-state index in [1.165, 1.54) is 12.1 Å². The Morgan fingerprint density at radius 3 is 3.00 bits per heavy atom. The van der Waals surface area contributed by atoms with Crippen molar-refractivity contribution in [3.63, 3.8) is 0 Å². The number of amides is 1. The molecule has 0 spiro atoms. The number of carbonyl (C=O) groups is 1. The van der Waals surface area contributed by atoms with Crippen LogP contribution in [0.25, 0.3) is 11.3 Å². The molecule has 0 unspecified atom stereocenters. The highest BCUT2D eigenvalue weighted by Crippen LogP contribution is 2.31. The fraction of sp³-hybridized carbons (Fsp3) is 0.412. The van der Waals surface area contributed by atoms with E-state index in [1.54, 1.807) is 18.2 Å². The molecule has 1 aromatic carbocycles. The van der Waals surface area contributed by atoms with Gasteiger partial charge < -0.3 is 14.2 Å². The lowest BCUT2D eigenvalue weighted by atomic mass is 10.1. The number of carbonyl (C=O) groups excluding carboxylic acids is 1. The molecule has 2 fully saturated rings. The van der Waals surface area contributed by atoms with Gasteiger partial charge in [0.05, 0.1) is 6.61 Å². The largest absolute Gasteiger partial charge is 0.380 e. The standard InChI is InChI=1S/C17H17FN2O3S/c18-12-3-1-11(2-4-12)15-9-13(19-23-15)17(21)20-6-8-24-16-10-22-7-5-14(16)20/h1-4,9,14,16H,5-8,10H2/t14-,16+/m1/s1.